The number of thioether (sulfide) groups is 1. The minimum absolute atomic E-state index is 0.0302. The van der Waals surface area contributed by atoms with Crippen molar-refractivity contribution in [2.24, 2.45) is 22.9 Å². The Labute approximate surface area is 347 Å². The van der Waals surface area contributed by atoms with E-state index in [2.05, 4.69) is 60.7 Å². The fourth-order valence-corrected chi connectivity index (χ4v) is 10.4. The van der Waals surface area contributed by atoms with Gasteiger partial charge in [0, 0.05) is 56.1 Å². The average Bonchev–Trinajstić information content (AvgIpc) is 3.24. The smallest absolute Gasteiger partial charge is 0.230 e. The molecule has 0 bridgehead atoms. The first-order chi connectivity index (χ1) is 28.4. The van der Waals surface area contributed by atoms with Crippen molar-refractivity contribution in [2.45, 2.75) is 88.8 Å². The molecule has 1 aliphatic heterocycles. The molecular formula is C48H57N3O6S. The summed E-state index contributed by atoms with van der Waals surface area (Å²) in [6, 6.07) is 22.5. The van der Waals surface area contributed by atoms with Crippen molar-refractivity contribution in [3.8, 4) is 17.2 Å². The molecule has 1 saturated carbocycles. The van der Waals surface area contributed by atoms with Gasteiger partial charge >= 0.3 is 0 Å². The Bertz CT molecular complexity index is 2030. The molecule has 3 aliphatic rings. The number of aromatic nitrogens is 2. The van der Waals surface area contributed by atoms with Crippen LogP contribution in [-0.2, 0) is 22.6 Å². The first kappa shape index (κ1) is 41.7. The number of hydrogen-bond donors (Lipinski definition) is 2. The number of nitrogens with zero attached hydrogens (tertiary/aromatic N) is 3. The number of oxime groups is 1. The normalized spacial score (nSPS) is 24.0. The van der Waals surface area contributed by atoms with Crippen LogP contribution in [0.2, 0.25) is 0 Å². The number of fused-ring (bicyclic) bond motifs is 2. The number of aryl methyl sites for hydroxylation is 3. The lowest BCUT2D eigenvalue weighted by Crippen LogP contribution is -2.64. The molecule has 58 heavy (non-hydrogen) atoms. The predicted octanol–water partition coefficient (Wildman–Crippen LogP) is 9.70. The predicted molar refractivity (Wildman–Crippen MR) is 230 cm³/mol. The van der Waals surface area contributed by atoms with Crippen molar-refractivity contribution in [3.63, 3.8) is 0 Å². The van der Waals surface area contributed by atoms with Gasteiger partial charge in [0.15, 0.2) is 0 Å². The van der Waals surface area contributed by atoms with Crippen LogP contribution in [0.5, 0.6) is 17.2 Å². The summed E-state index contributed by atoms with van der Waals surface area (Å²) in [5.41, 5.74) is 7.48. The van der Waals surface area contributed by atoms with Crippen LogP contribution in [0.25, 0.3) is 0 Å². The van der Waals surface area contributed by atoms with E-state index in [1.165, 1.54) is 11.1 Å². The number of ether oxygens (including phenoxy) is 3. The van der Waals surface area contributed by atoms with Crippen molar-refractivity contribution in [1.82, 2.24) is 9.97 Å². The Morgan fingerprint density at radius 1 is 0.948 bits per heavy atom. The van der Waals surface area contributed by atoms with Gasteiger partial charge in [0.2, 0.25) is 5.79 Å². The number of aliphatic hydroxyl groups is 2. The SMILES string of the molecule is C=CCO[C@@]12Oc3ccc(Oc4ccc(C)c(C)c4)cc3[C@H]3[C@H](CCCCO)[C@@H](CCCCO)C=C(C(=NOCc4ccccc4)C[C@@H]1SCCc1cnccn1)[C@H]32. The molecule has 2 N–H and O–H groups in total. The summed E-state index contributed by atoms with van der Waals surface area (Å²) in [5, 5.41) is 24.6. The quantitative estimate of drug-likeness (QED) is 0.0512. The highest BCUT2D eigenvalue weighted by atomic mass is 32.2. The van der Waals surface area contributed by atoms with Gasteiger partial charge in [-0.3, -0.25) is 9.97 Å². The largest absolute Gasteiger partial charge is 0.460 e. The van der Waals surface area contributed by atoms with Crippen LogP contribution in [0.15, 0.2) is 115 Å². The van der Waals surface area contributed by atoms with Crippen LogP contribution in [0.3, 0.4) is 0 Å². The average molecular weight is 804 g/mol. The van der Waals surface area contributed by atoms with Crippen molar-refractivity contribution in [1.29, 1.82) is 0 Å². The highest BCUT2D eigenvalue weighted by Gasteiger charge is 2.64. The molecular weight excluding hydrogens is 747 g/mol. The van der Waals surface area contributed by atoms with Gasteiger partial charge in [0.05, 0.1) is 29.2 Å². The third kappa shape index (κ3) is 9.52. The van der Waals surface area contributed by atoms with Gasteiger partial charge in [-0.05, 0) is 110 Å². The molecule has 6 atom stereocenters. The van der Waals surface area contributed by atoms with E-state index in [1.807, 2.05) is 60.4 Å². The van der Waals surface area contributed by atoms with Gasteiger partial charge in [-0.15, -0.1) is 6.58 Å². The summed E-state index contributed by atoms with van der Waals surface area (Å²) in [4.78, 5) is 15.1. The molecule has 4 aromatic rings. The maximum atomic E-state index is 9.96. The number of aliphatic hydroxyl groups excluding tert-OH is 2. The van der Waals surface area contributed by atoms with E-state index in [-0.39, 0.29) is 42.1 Å². The monoisotopic (exact) mass is 803 g/mol. The third-order valence-electron chi connectivity index (χ3n) is 11.9. The minimum atomic E-state index is -1.05. The Kier molecular flexibility index (Phi) is 14.4. The molecule has 10 heteroatoms. The molecule has 0 radical (unpaired) electrons. The van der Waals surface area contributed by atoms with Crippen LogP contribution in [0.4, 0.5) is 0 Å². The summed E-state index contributed by atoms with van der Waals surface area (Å²) in [6.45, 7) is 9.25. The van der Waals surface area contributed by atoms with E-state index in [1.54, 1.807) is 18.5 Å². The maximum absolute atomic E-state index is 9.96. The minimum Gasteiger partial charge on any atom is -0.460 e. The number of hydrogen-bond acceptors (Lipinski definition) is 10. The highest BCUT2D eigenvalue weighted by molar-refractivity contribution is 8.00. The van der Waals surface area contributed by atoms with E-state index >= 15 is 0 Å². The van der Waals surface area contributed by atoms with Gasteiger partial charge in [-0.25, -0.2) is 0 Å². The number of rotatable bonds is 20. The van der Waals surface area contributed by atoms with E-state index in [9.17, 15) is 10.2 Å². The summed E-state index contributed by atoms with van der Waals surface area (Å²) in [6.07, 6.45) is 15.9. The molecule has 1 fully saturated rings. The molecule has 0 unspecified atom stereocenters. The first-order valence-corrected chi connectivity index (χ1v) is 21.8. The number of allylic oxidation sites excluding steroid dienone is 1. The molecule has 1 aromatic heterocycles. The van der Waals surface area contributed by atoms with Crippen molar-refractivity contribution < 1.29 is 29.3 Å². The van der Waals surface area contributed by atoms with E-state index in [0.717, 1.165) is 96.1 Å². The van der Waals surface area contributed by atoms with Gasteiger partial charge < -0.3 is 29.3 Å². The molecule has 2 aliphatic carbocycles. The highest BCUT2D eigenvalue weighted by Crippen LogP contribution is 2.62. The second-order valence-corrected chi connectivity index (χ2v) is 17.0. The van der Waals surface area contributed by atoms with E-state index in [0.29, 0.717) is 19.6 Å². The molecule has 0 spiro atoms. The molecule has 0 saturated heterocycles. The zero-order valence-corrected chi connectivity index (χ0v) is 34.6. The zero-order chi connectivity index (χ0) is 40.3. The molecule has 0 amide bonds. The summed E-state index contributed by atoms with van der Waals surface area (Å²) in [5.74, 6) is 2.18. The lowest BCUT2D eigenvalue weighted by Gasteiger charge is -2.58. The van der Waals surface area contributed by atoms with E-state index < -0.39 is 5.79 Å². The molecule has 306 valence electrons. The fraction of sp³-hybridized carbons (Fsp3) is 0.438. The molecule has 3 aromatic carbocycles. The standard InChI is InChI=1S/C48H57N3O6S/c1-4-25-54-48-45(58-26-20-37-31-49-21-22-50-37)30-43(51-55-32-35-12-6-5-7-13-35)41-28-36(14-8-10-23-52)40(15-9-11-24-53)46(47(41)48)42-29-39(18-19-44(42)57-48)56-38-17-16-33(2)34(3)27-38/h4-7,12-13,16-19,21-22,27-29,31,36,40,45-47,52-53H,1,8-11,14-15,20,23-26,30,32H2,2-3H3/t36-,40+,45-,46+,47+,48+/m0/s1. The van der Waals surface area contributed by atoms with Crippen molar-refractivity contribution in [3.05, 3.63) is 138 Å². The molecule has 2 heterocycles. The Morgan fingerprint density at radius 2 is 1.74 bits per heavy atom. The van der Waals surface area contributed by atoms with Gasteiger partial charge in [-0.1, -0.05) is 66.5 Å². The van der Waals surface area contributed by atoms with Crippen molar-refractivity contribution in [2.75, 3.05) is 25.6 Å². The lowest BCUT2D eigenvalue weighted by molar-refractivity contribution is -0.223. The summed E-state index contributed by atoms with van der Waals surface area (Å²) < 4.78 is 21.0. The Morgan fingerprint density at radius 3 is 2.50 bits per heavy atom. The molecule has 7 rings (SSSR count). The van der Waals surface area contributed by atoms with Crippen LogP contribution < -0.4 is 9.47 Å². The zero-order valence-electron chi connectivity index (χ0n) is 33.8. The number of benzene rings is 3. The second-order valence-electron chi connectivity index (χ2n) is 15.7. The third-order valence-corrected chi connectivity index (χ3v) is 13.2. The van der Waals surface area contributed by atoms with Crippen LogP contribution >= 0.6 is 11.8 Å². The van der Waals surface area contributed by atoms with Crippen molar-refractivity contribution >= 4 is 17.5 Å². The van der Waals surface area contributed by atoms with Crippen LogP contribution in [0, 0.1) is 31.6 Å². The first-order valence-electron chi connectivity index (χ1n) is 20.8. The molecule has 9 nitrogen and oxygen atoms in total. The van der Waals surface area contributed by atoms with Gasteiger partial charge in [0.1, 0.15) is 23.9 Å². The lowest BCUT2D eigenvalue weighted by atomic mass is 9.56. The number of unbranched alkanes of at least 4 members (excludes halogenated alkanes) is 2. The van der Waals surface area contributed by atoms with Crippen LogP contribution in [0.1, 0.15) is 78.8 Å². The van der Waals surface area contributed by atoms with Crippen LogP contribution in [-0.4, -0.2) is 62.5 Å². The summed E-state index contributed by atoms with van der Waals surface area (Å²) in [7, 11) is 0. The topological polar surface area (TPSA) is 116 Å². The maximum Gasteiger partial charge on any atom is 0.230 e. The Hall–Kier alpha value is -4.48. The Balaban J connectivity index is 1.36. The van der Waals surface area contributed by atoms with Gasteiger partial charge in [-0.2, -0.15) is 11.8 Å². The fourth-order valence-electron chi connectivity index (χ4n) is 8.98. The second kappa shape index (κ2) is 20.0. The summed E-state index contributed by atoms with van der Waals surface area (Å²) >= 11 is 1.82. The van der Waals surface area contributed by atoms with Gasteiger partial charge in [0.25, 0.3) is 0 Å². The van der Waals surface area contributed by atoms with E-state index in [4.69, 9.17) is 24.2 Å².